The van der Waals surface area contributed by atoms with Crippen LogP contribution in [0.15, 0.2) is 12.7 Å². The summed E-state index contributed by atoms with van der Waals surface area (Å²) in [7, 11) is 0. The van der Waals surface area contributed by atoms with E-state index in [1.807, 2.05) is 0 Å². The second-order valence-corrected chi connectivity index (χ2v) is 1.06. The molecular weight excluding hydrogens is 134 g/mol. The number of esters is 1. The lowest BCUT2D eigenvalue weighted by molar-refractivity contribution is -0.137. The lowest BCUT2D eigenvalue weighted by atomic mass is 10.6. The van der Waals surface area contributed by atoms with Crippen molar-refractivity contribution in [1.82, 2.24) is 0 Å². The number of nitrogens with zero attached hydrogens (tertiary/aromatic N) is 1. The van der Waals surface area contributed by atoms with E-state index in [4.69, 9.17) is 10.4 Å². The minimum Gasteiger partial charge on any atom is -0.463 e. The molecule has 4 heteroatoms. The van der Waals surface area contributed by atoms with Crippen molar-refractivity contribution in [2.75, 3.05) is 6.61 Å². The molecule has 10 heavy (non-hydrogen) atoms. The number of aliphatic hydroxyl groups is 1. The lowest BCUT2D eigenvalue weighted by Gasteiger charge is -1.90. The first-order chi connectivity index (χ1) is 4.72. The zero-order chi connectivity index (χ0) is 8.41. The molecule has 0 aliphatic rings. The van der Waals surface area contributed by atoms with Gasteiger partial charge in [0.05, 0.1) is 6.61 Å². The maximum absolute atomic E-state index is 10.1. The highest BCUT2D eigenvalue weighted by Gasteiger charge is 1.86. The molecule has 0 heterocycles. The zero-order valence-electron chi connectivity index (χ0n) is 5.70. The molecule has 0 radical (unpaired) electrons. The normalized spacial score (nSPS) is 6.00. The Kier molecular flexibility index (Phi) is 11.9. The molecule has 0 aliphatic heterocycles. The Morgan fingerprint density at radius 1 is 2.00 bits per heavy atom. The van der Waals surface area contributed by atoms with Gasteiger partial charge in [0, 0.05) is 6.08 Å². The lowest BCUT2D eigenvalue weighted by Crippen LogP contribution is -1.97. The fourth-order valence-corrected chi connectivity index (χ4v) is 0.201. The monoisotopic (exact) mass is 143 g/mol. The number of carbonyl (C=O) groups excluding carboxylic acids is 1. The Morgan fingerprint density at radius 2 is 2.40 bits per heavy atom. The van der Waals surface area contributed by atoms with E-state index in [1.54, 1.807) is 6.92 Å². The van der Waals surface area contributed by atoms with E-state index in [1.165, 1.54) is 0 Å². The van der Waals surface area contributed by atoms with Crippen molar-refractivity contribution in [1.29, 1.82) is 5.26 Å². The quantitative estimate of drug-likeness (QED) is 0.348. The van der Waals surface area contributed by atoms with Crippen LogP contribution in [0.5, 0.6) is 0 Å². The SMILES string of the molecule is C=CC(=O)OCC.N#CO. The number of hydrogen-bond acceptors (Lipinski definition) is 4. The molecule has 0 rings (SSSR count). The predicted octanol–water partition coefficient (Wildman–Crippen LogP) is 0.575. The molecule has 0 amide bonds. The topological polar surface area (TPSA) is 70.3 Å². The largest absolute Gasteiger partial charge is 0.463 e. The van der Waals surface area contributed by atoms with Crippen molar-refractivity contribution in [3.63, 3.8) is 0 Å². The maximum atomic E-state index is 10.1. The van der Waals surface area contributed by atoms with Gasteiger partial charge in [-0.1, -0.05) is 6.58 Å². The third kappa shape index (κ3) is 16.1. The molecule has 0 saturated carbocycles. The Hall–Kier alpha value is -1.50. The summed E-state index contributed by atoms with van der Waals surface area (Å²) in [5.41, 5.74) is 0. The van der Waals surface area contributed by atoms with Crippen LogP contribution in [0, 0.1) is 11.5 Å². The van der Waals surface area contributed by atoms with Crippen LogP contribution in [-0.2, 0) is 9.53 Å². The third-order valence-electron chi connectivity index (χ3n) is 0.453. The zero-order valence-corrected chi connectivity index (χ0v) is 5.70. The summed E-state index contributed by atoms with van der Waals surface area (Å²) in [5, 5.41) is 13.8. The molecule has 0 aromatic rings. The van der Waals surface area contributed by atoms with Gasteiger partial charge in [-0.3, -0.25) is 0 Å². The Balaban J connectivity index is 0. The van der Waals surface area contributed by atoms with Gasteiger partial charge in [0.25, 0.3) is 6.26 Å². The van der Waals surface area contributed by atoms with E-state index in [9.17, 15) is 4.79 Å². The van der Waals surface area contributed by atoms with Gasteiger partial charge in [-0.25, -0.2) is 4.79 Å². The van der Waals surface area contributed by atoms with Crippen LogP contribution >= 0.6 is 0 Å². The van der Waals surface area contributed by atoms with Gasteiger partial charge >= 0.3 is 5.97 Å². The summed E-state index contributed by atoms with van der Waals surface area (Å²) in [5.74, 6) is -0.359. The molecular formula is C6H9NO3. The van der Waals surface area contributed by atoms with E-state index in [-0.39, 0.29) is 5.97 Å². The molecule has 0 fully saturated rings. The van der Waals surface area contributed by atoms with Crippen LogP contribution in [-0.4, -0.2) is 17.7 Å². The molecule has 56 valence electrons. The Labute approximate surface area is 59.3 Å². The fourth-order valence-electron chi connectivity index (χ4n) is 0.201. The summed E-state index contributed by atoms with van der Waals surface area (Å²) in [6.07, 6.45) is 1.89. The van der Waals surface area contributed by atoms with Gasteiger partial charge < -0.3 is 9.84 Å². The Morgan fingerprint density at radius 3 is 2.50 bits per heavy atom. The standard InChI is InChI=1S/C5H8O2.CHNO/c1-3-5(6)7-4-2;2-1-3/h3H,1,4H2,2H3;3H. The molecule has 1 N–H and O–H groups in total. The number of nitriles is 1. The van der Waals surface area contributed by atoms with Gasteiger partial charge in [-0.15, -0.1) is 0 Å². The fraction of sp³-hybridized carbons (Fsp3) is 0.333. The smallest absolute Gasteiger partial charge is 0.330 e. The summed E-state index contributed by atoms with van der Waals surface area (Å²) in [6.45, 7) is 5.38. The van der Waals surface area contributed by atoms with Gasteiger partial charge in [-0.05, 0) is 6.92 Å². The minimum absolute atomic E-state index is 0.359. The van der Waals surface area contributed by atoms with Crippen LogP contribution < -0.4 is 0 Å². The summed E-state index contributed by atoms with van der Waals surface area (Å²) >= 11 is 0. The van der Waals surface area contributed by atoms with Gasteiger partial charge in [-0.2, -0.15) is 5.26 Å². The molecule has 0 atom stereocenters. The van der Waals surface area contributed by atoms with Gasteiger partial charge in [0.2, 0.25) is 0 Å². The van der Waals surface area contributed by atoms with Gasteiger partial charge in [0.1, 0.15) is 0 Å². The summed E-state index contributed by atoms with van der Waals surface area (Å²) in [4.78, 5) is 10.1. The van der Waals surface area contributed by atoms with Gasteiger partial charge in [0.15, 0.2) is 0 Å². The minimum atomic E-state index is -0.359. The van der Waals surface area contributed by atoms with E-state index in [2.05, 4.69) is 11.3 Å². The highest BCUT2D eigenvalue weighted by atomic mass is 16.5. The van der Waals surface area contributed by atoms with Crippen molar-refractivity contribution in [2.24, 2.45) is 0 Å². The molecule has 0 unspecified atom stereocenters. The second kappa shape index (κ2) is 10.5. The predicted molar refractivity (Wildman–Crippen MR) is 34.4 cm³/mol. The van der Waals surface area contributed by atoms with Crippen molar-refractivity contribution in [3.8, 4) is 6.26 Å². The van der Waals surface area contributed by atoms with Crippen LogP contribution in [0.25, 0.3) is 0 Å². The number of carbonyl (C=O) groups is 1. The number of rotatable bonds is 2. The summed E-state index contributed by atoms with van der Waals surface area (Å²) in [6, 6.07) is 0. The van der Waals surface area contributed by atoms with Crippen molar-refractivity contribution < 1.29 is 14.6 Å². The van der Waals surface area contributed by atoms with Crippen LogP contribution in [0.2, 0.25) is 0 Å². The number of hydrogen-bond donors (Lipinski definition) is 1. The van der Waals surface area contributed by atoms with E-state index in [0.29, 0.717) is 6.61 Å². The summed E-state index contributed by atoms with van der Waals surface area (Å²) < 4.78 is 4.43. The molecule has 0 aromatic heterocycles. The Bertz CT molecular complexity index is 136. The molecule has 0 aliphatic carbocycles. The van der Waals surface area contributed by atoms with Crippen molar-refractivity contribution in [3.05, 3.63) is 12.7 Å². The van der Waals surface area contributed by atoms with Crippen LogP contribution in [0.1, 0.15) is 6.92 Å². The van der Waals surface area contributed by atoms with E-state index < -0.39 is 0 Å². The average Bonchev–Trinajstić information content (AvgIpc) is 1.90. The first kappa shape index (κ1) is 11.3. The number of aliphatic hydroxyl groups excluding tert-OH is 1. The molecule has 0 spiro atoms. The average molecular weight is 143 g/mol. The maximum Gasteiger partial charge on any atom is 0.330 e. The highest BCUT2D eigenvalue weighted by Crippen LogP contribution is 1.74. The second-order valence-electron chi connectivity index (χ2n) is 1.06. The van der Waals surface area contributed by atoms with Crippen molar-refractivity contribution >= 4 is 5.97 Å². The highest BCUT2D eigenvalue weighted by molar-refractivity contribution is 5.81. The van der Waals surface area contributed by atoms with Crippen LogP contribution in [0.4, 0.5) is 0 Å². The molecule has 0 bridgehead atoms. The van der Waals surface area contributed by atoms with E-state index >= 15 is 0 Å². The first-order valence-corrected chi connectivity index (χ1v) is 2.55. The number of ether oxygens (including phenoxy) is 1. The molecule has 4 nitrogen and oxygen atoms in total. The first-order valence-electron chi connectivity index (χ1n) is 2.55. The van der Waals surface area contributed by atoms with Crippen LogP contribution in [0.3, 0.4) is 0 Å². The molecule has 0 saturated heterocycles. The third-order valence-corrected chi connectivity index (χ3v) is 0.453. The van der Waals surface area contributed by atoms with E-state index in [0.717, 1.165) is 12.3 Å². The van der Waals surface area contributed by atoms with Crippen molar-refractivity contribution in [2.45, 2.75) is 6.92 Å². The molecule has 0 aromatic carbocycles.